The molecule has 0 saturated heterocycles. The van der Waals surface area contributed by atoms with Crippen LogP contribution in [0.25, 0.3) is 11.3 Å². The van der Waals surface area contributed by atoms with Gasteiger partial charge in [-0.3, -0.25) is 4.72 Å². The molecule has 1 heterocycles. The second-order valence-electron chi connectivity index (χ2n) is 5.65. The quantitative estimate of drug-likeness (QED) is 0.751. The summed E-state index contributed by atoms with van der Waals surface area (Å²) in [5.41, 5.74) is 2.45. The molecule has 0 aliphatic rings. The first-order chi connectivity index (χ1) is 11.9. The van der Waals surface area contributed by atoms with Crippen LogP contribution < -0.4 is 9.46 Å². The Balaban J connectivity index is 1.98. The number of sulfonamides is 1. The summed E-state index contributed by atoms with van der Waals surface area (Å²) in [7, 11) is -2.23. The standard InChI is InChI=1S/C18H18N2O4S/c1-12-7-8-14(17-9-13(2)19-24-17)10-18(12)25(21,22)20-15-5-4-6-16(11-15)23-3/h4-11,20H,1-3H3. The minimum absolute atomic E-state index is 0.182. The summed E-state index contributed by atoms with van der Waals surface area (Å²) in [6.07, 6.45) is 0. The van der Waals surface area contributed by atoms with Crippen LogP contribution in [0.15, 0.2) is 57.9 Å². The topological polar surface area (TPSA) is 81.4 Å². The third-order valence-electron chi connectivity index (χ3n) is 3.71. The highest BCUT2D eigenvalue weighted by molar-refractivity contribution is 7.92. The van der Waals surface area contributed by atoms with Crippen molar-refractivity contribution in [2.24, 2.45) is 0 Å². The van der Waals surface area contributed by atoms with E-state index in [-0.39, 0.29) is 4.90 Å². The Labute approximate surface area is 146 Å². The first-order valence-electron chi connectivity index (χ1n) is 7.60. The third-order valence-corrected chi connectivity index (χ3v) is 5.24. The molecule has 6 nitrogen and oxygen atoms in total. The van der Waals surface area contributed by atoms with E-state index in [0.29, 0.717) is 28.3 Å². The number of aryl methyl sites for hydroxylation is 2. The van der Waals surface area contributed by atoms with Gasteiger partial charge in [0.25, 0.3) is 10.0 Å². The van der Waals surface area contributed by atoms with E-state index in [1.54, 1.807) is 55.5 Å². The predicted molar refractivity (Wildman–Crippen MR) is 95.2 cm³/mol. The number of nitrogens with one attached hydrogen (secondary N) is 1. The molecule has 0 fully saturated rings. The molecule has 3 rings (SSSR count). The summed E-state index contributed by atoms with van der Waals surface area (Å²) in [4.78, 5) is 0.182. The van der Waals surface area contributed by atoms with Crippen molar-refractivity contribution in [1.29, 1.82) is 0 Å². The fourth-order valence-electron chi connectivity index (χ4n) is 2.44. The summed E-state index contributed by atoms with van der Waals surface area (Å²) in [6, 6.07) is 13.6. The van der Waals surface area contributed by atoms with Crippen molar-refractivity contribution < 1.29 is 17.7 Å². The van der Waals surface area contributed by atoms with Crippen molar-refractivity contribution in [2.75, 3.05) is 11.8 Å². The first-order valence-corrected chi connectivity index (χ1v) is 9.08. The van der Waals surface area contributed by atoms with E-state index in [1.165, 1.54) is 7.11 Å². The fraction of sp³-hybridized carbons (Fsp3) is 0.167. The zero-order chi connectivity index (χ0) is 18.0. The van der Waals surface area contributed by atoms with Crippen LogP contribution in [0.1, 0.15) is 11.3 Å². The van der Waals surface area contributed by atoms with Gasteiger partial charge in [0.15, 0.2) is 5.76 Å². The normalized spacial score (nSPS) is 11.3. The van der Waals surface area contributed by atoms with E-state index < -0.39 is 10.0 Å². The second kappa shape index (κ2) is 6.60. The zero-order valence-corrected chi connectivity index (χ0v) is 14.9. The number of nitrogens with zero attached hydrogens (tertiary/aromatic N) is 1. The molecule has 0 saturated carbocycles. The summed E-state index contributed by atoms with van der Waals surface area (Å²) in [6.45, 7) is 3.55. The number of rotatable bonds is 5. The van der Waals surface area contributed by atoms with Gasteiger partial charge in [-0.15, -0.1) is 0 Å². The van der Waals surface area contributed by atoms with Gasteiger partial charge in [0, 0.05) is 17.7 Å². The van der Waals surface area contributed by atoms with Crippen LogP contribution in [0.3, 0.4) is 0 Å². The van der Waals surface area contributed by atoms with Gasteiger partial charge in [-0.05, 0) is 37.6 Å². The number of hydrogen-bond donors (Lipinski definition) is 1. The van der Waals surface area contributed by atoms with Gasteiger partial charge in [-0.2, -0.15) is 0 Å². The van der Waals surface area contributed by atoms with Gasteiger partial charge in [0.05, 0.1) is 23.4 Å². The van der Waals surface area contributed by atoms with Crippen LogP contribution in [0.4, 0.5) is 5.69 Å². The van der Waals surface area contributed by atoms with Crippen molar-refractivity contribution in [3.05, 3.63) is 59.8 Å². The summed E-state index contributed by atoms with van der Waals surface area (Å²) in [5.74, 6) is 1.10. The van der Waals surface area contributed by atoms with Gasteiger partial charge in [-0.25, -0.2) is 8.42 Å². The molecule has 0 aliphatic carbocycles. The molecule has 0 spiro atoms. The Morgan fingerprint density at radius 1 is 1.08 bits per heavy atom. The number of ether oxygens (including phenoxy) is 1. The number of hydrogen-bond acceptors (Lipinski definition) is 5. The van der Waals surface area contributed by atoms with Crippen LogP contribution in [0.5, 0.6) is 5.75 Å². The molecule has 25 heavy (non-hydrogen) atoms. The smallest absolute Gasteiger partial charge is 0.262 e. The Morgan fingerprint density at radius 3 is 2.56 bits per heavy atom. The van der Waals surface area contributed by atoms with Crippen LogP contribution >= 0.6 is 0 Å². The average molecular weight is 358 g/mol. The summed E-state index contributed by atoms with van der Waals surface area (Å²) < 4.78 is 38.6. The molecule has 3 aromatic rings. The number of aromatic nitrogens is 1. The highest BCUT2D eigenvalue weighted by atomic mass is 32.2. The van der Waals surface area contributed by atoms with Crippen molar-refractivity contribution in [2.45, 2.75) is 18.7 Å². The van der Waals surface area contributed by atoms with Crippen molar-refractivity contribution in [1.82, 2.24) is 5.16 Å². The molecule has 0 bridgehead atoms. The van der Waals surface area contributed by atoms with E-state index in [0.717, 1.165) is 5.69 Å². The monoisotopic (exact) mass is 358 g/mol. The van der Waals surface area contributed by atoms with Crippen LogP contribution in [-0.2, 0) is 10.0 Å². The molecule has 1 aromatic heterocycles. The van der Waals surface area contributed by atoms with E-state index in [2.05, 4.69) is 9.88 Å². The first kappa shape index (κ1) is 17.0. The lowest BCUT2D eigenvalue weighted by molar-refractivity contribution is 0.415. The molecule has 0 amide bonds. The van der Waals surface area contributed by atoms with Gasteiger partial charge in [0.1, 0.15) is 5.75 Å². The molecule has 0 unspecified atom stereocenters. The lowest BCUT2D eigenvalue weighted by Crippen LogP contribution is -2.14. The maximum atomic E-state index is 12.8. The largest absolute Gasteiger partial charge is 0.497 e. The Morgan fingerprint density at radius 2 is 1.88 bits per heavy atom. The molecule has 2 aromatic carbocycles. The molecule has 0 radical (unpaired) electrons. The minimum atomic E-state index is -3.76. The van der Waals surface area contributed by atoms with Gasteiger partial charge >= 0.3 is 0 Å². The molecular weight excluding hydrogens is 340 g/mol. The lowest BCUT2D eigenvalue weighted by atomic mass is 10.1. The number of methoxy groups -OCH3 is 1. The van der Waals surface area contributed by atoms with Crippen molar-refractivity contribution in [3.8, 4) is 17.1 Å². The minimum Gasteiger partial charge on any atom is -0.497 e. The highest BCUT2D eigenvalue weighted by Crippen LogP contribution is 2.27. The lowest BCUT2D eigenvalue weighted by Gasteiger charge is -2.12. The van der Waals surface area contributed by atoms with Gasteiger partial charge < -0.3 is 9.26 Å². The zero-order valence-electron chi connectivity index (χ0n) is 14.1. The van der Waals surface area contributed by atoms with E-state index >= 15 is 0 Å². The number of anilines is 1. The molecule has 0 atom stereocenters. The maximum absolute atomic E-state index is 12.8. The van der Waals surface area contributed by atoms with Crippen LogP contribution in [0, 0.1) is 13.8 Å². The average Bonchev–Trinajstić information content (AvgIpc) is 3.01. The van der Waals surface area contributed by atoms with Crippen LogP contribution in [-0.4, -0.2) is 20.7 Å². The molecule has 1 N–H and O–H groups in total. The van der Waals surface area contributed by atoms with E-state index in [9.17, 15) is 8.42 Å². The van der Waals surface area contributed by atoms with E-state index in [4.69, 9.17) is 9.26 Å². The molecular formula is C18H18N2O4S. The molecule has 7 heteroatoms. The van der Waals surface area contributed by atoms with Crippen LogP contribution in [0.2, 0.25) is 0 Å². The van der Waals surface area contributed by atoms with E-state index in [1.807, 2.05) is 6.92 Å². The Bertz CT molecular complexity index is 1010. The van der Waals surface area contributed by atoms with Gasteiger partial charge in [-0.1, -0.05) is 23.4 Å². The third kappa shape index (κ3) is 3.66. The van der Waals surface area contributed by atoms with Crippen molar-refractivity contribution >= 4 is 15.7 Å². The number of benzene rings is 2. The summed E-state index contributed by atoms with van der Waals surface area (Å²) >= 11 is 0. The molecule has 0 aliphatic heterocycles. The second-order valence-corrected chi connectivity index (χ2v) is 7.30. The maximum Gasteiger partial charge on any atom is 0.262 e. The molecule has 130 valence electrons. The fourth-order valence-corrected chi connectivity index (χ4v) is 3.76. The predicted octanol–water partition coefficient (Wildman–Crippen LogP) is 3.77. The van der Waals surface area contributed by atoms with Crippen molar-refractivity contribution in [3.63, 3.8) is 0 Å². The Kier molecular flexibility index (Phi) is 4.50. The van der Waals surface area contributed by atoms with Gasteiger partial charge in [0.2, 0.25) is 0 Å². The SMILES string of the molecule is COc1cccc(NS(=O)(=O)c2cc(-c3cc(C)no3)ccc2C)c1. The summed E-state index contributed by atoms with van der Waals surface area (Å²) in [5, 5.41) is 3.84. The Hall–Kier alpha value is -2.80. The highest BCUT2D eigenvalue weighted by Gasteiger charge is 2.19.